The van der Waals surface area contributed by atoms with Crippen LogP contribution in [0.25, 0.3) is 66.8 Å². The van der Waals surface area contributed by atoms with Gasteiger partial charge >= 0.3 is 0 Å². The maximum absolute atomic E-state index is 6.67. The number of ether oxygens (including phenoxy) is 2. The molecular weight excluding hydrogens is 1010 g/mol. The van der Waals surface area contributed by atoms with E-state index in [1.807, 2.05) is 0 Å². The van der Waals surface area contributed by atoms with E-state index in [-0.39, 0.29) is 0 Å². The van der Waals surface area contributed by atoms with Gasteiger partial charge in [-0.1, -0.05) is 231 Å². The van der Waals surface area contributed by atoms with Crippen LogP contribution in [0.5, 0.6) is 23.0 Å². The van der Waals surface area contributed by atoms with Crippen LogP contribution in [0.4, 0.5) is 17.1 Å². The summed E-state index contributed by atoms with van der Waals surface area (Å²) in [5, 5.41) is 0. The van der Waals surface area contributed by atoms with Crippen molar-refractivity contribution in [2.45, 2.75) is 10.8 Å². The molecule has 83 heavy (non-hydrogen) atoms. The third kappa shape index (κ3) is 6.98. The molecule has 0 radical (unpaired) electrons. The summed E-state index contributed by atoms with van der Waals surface area (Å²) in [5.74, 6) is 3.57. The van der Waals surface area contributed by atoms with Gasteiger partial charge in [-0.2, -0.15) is 0 Å². The number of hydrogen-bond acceptors (Lipinski definition) is 3. The molecule has 0 fully saturated rings. The zero-order valence-electron chi connectivity index (χ0n) is 45.2. The van der Waals surface area contributed by atoms with Crippen molar-refractivity contribution < 1.29 is 9.47 Å². The molecule has 13 aromatic carbocycles. The summed E-state index contributed by atoms with van der Waals surface area (Å²) in [6.45, 7) is 0. The molecule has 2 spiro atoms. The van der Waals surface area contributed by atoms with Crippen LogP contribution < -0.4 is 14.4 Å². The van der Waals surface area contributed by atoms with E-state index >= 15 is 0 Å². The van der Waals surface area contributed by atoms with Crippen LogP contribution in [-0.2, 0) is 10.8 Å². The van der Waals surface area contributed by atoms with Gasteiger partial charge in [0.1, 0.15) is 23.0 Å². The quantitative estimate of drug-likeness (QED) is 0.159. The van der Waals surface area contributed by atoms with E-state index in [0.29, 0.717) is 0 Å². The highest BCUT2D eigenvalue weighted by Gasteiger charge is 2.52. The van der Waals surface area contributed by atoms with Crippen molar-refractivity contribution in [1.82, 2.24) is 0 Å². The van der Waals surface area contributed by atoms with Crippen molar-refractivity contribution in [2.75, 3.05) is 4.90 Å². The average molecular weight is 1060 g/mol. The maximum Gasteiger partial charge on any atom is 0.132 e. The van der Waals surface area contributed by atoms with E-state index in [4.69, 9.17) is 9.47 Å². The highest BCUT2D eigenvalue weighted by molar-refractivity contribution is 5.93. The number of hydrogen-bond donors (Lipinski definition) is 0. The maximum atomic E-state index is 6.67. The van der Waals surface area contributed by atoms with Crippen molar-refractivity contribution in [3.8, 4) is 89.8 Å². The zero-order chi connectivity index (χ0) is 54.6. The lowest BCUT2D eigenvalue weighted by Gasteiger charge is -2.39. The van der Waals surface area contributed by atoms with E-state index in [1.54, 1.807) is 0 Å². The minimum absolute atomic E-state index is 0.524. The molecule has 2 aliphatic heterocycles. The van der Waals surface area contributed by atoms with Gasteiger partial charge in [0.05, 0.1) is 10.8 Å². The lowest BCUT2D eigenvalue weighted by Crippen LogP contribution is -2.32. The van der Waals surface area contributed by atoms with Crippen LogP contribution in [-0.4, -0.2) is 0 Å². The number of rotatable bonds is 7. The molecule has 0 amide bonds. The number of nitrogens with zero attached hydrogens (tertiary/aromatic N) is 1. The average Bonchev–Trinajstić information content (AvgIpc) is 1.72. The van der Waals surface area contributed by atoms with E-state index in [0.717, 1.165) is 90.1 Å². The summed E-state index contributed by atoms with van der Waals surface area (Å²) < 4.78 is 13.3. The van der Waals surface area contributed by atoms with Crippen molar-refractivity contribution >= 4 is 17.1 Å². The molecule has 3 heteroatoms. The van der Waals surface area contributed by atoms with Crippen LogP contribution >= 0.6 is 0 Å². The predicted octanol–water partition coefficient (Wildman–Crippen LogP) is 20.8. The van der Waals surface area contributed by atoms with Crippen molar-refractivity contribution in [3.05, 3.63) is 354 Å². The summed E-state index contributed by atoms with van der Waals surface area (Å²) in [6, 6.07) is 113. The van der Waals surface area contributed by atoms with E-state index in [9.17, 15) is 0 Å². The van der Waals surface area contributed by atoms with Gasteiger partial charge in [-0.05, 0) is 168 Å². The summed E-state index contributed by atoms with van der Waals surface area (Å²) in [4.78, 5) is 2.40. The van der Waals surface area contributed by atoms with E-state index in [2.05, 4.69) is 314 Å². The van der Waals surface area contributed by atoms with Gasteiger partial charge < -0.3 is 14.4 Å². The number of fused-ring (bicyclic) bond motifs is 18. The highest BCUT2D eigenvalue weighted by Crippen LogP contribution is 2.64. The molecule has 13 aromatic rings. The minimum atomic E-state index is -0.546. The largest absolute Gasteiger partial charge is 0.457 e. The van der Waals surface area contributed by atoms with Gasteiger partial charge in [-0.25, -0.2) is 0 Å². The van der Waals surface area contributed by atoms with Gasteiger partial charge in [0.2, 0.25) is 0 Å². The predicted molar refractivity (Wildman–Crippen MR) is 338 cm³/mol. The Bertz CT molecular complexity index is 4660. The fourth-order valence-electron chi connectivity index (χ4n) is 14.5. The first-order valence-electron chi connectivity index (χ1n) is 28.6. The lowest BCUT2D eigenvalue weighted by atomic mass is 9.66. The Morgan fingerprint density at radius 1 is 0.193 bits per heavy atom. The fraction of sp³-hybridized carbons (Fsp3) is 0.0250. The summed E-state index contributed by atoms with van der Waals surface area (Å²) in [6.07, 6.45) is 0. The zero-order valence-corrected chi connectivity index (χ0v) is 45.2. The molecule has 0 saturated carbocycles. The Labute approximate surface area is 483 Å². The third-order valence-electron chi connectivity index (χ3n) is 18.0. The van der Waals surface area contributed by atoms with Gasteiger partial charge in [0.15, 0.2) is 0 Å². The van der Waals surface area contributed by atoms with Crippen molar-refractivity contribution in [3.63, 3.8) is 0 Å². The molecule has 0 N–H and O–H groups in total. The van der Waals surface area contributed by atoms with Crippen LogP contribution in [0, 0.1) is 0 Å². The Kier molecular flexibility index (Phi) is 10.4. The summed E-state index contributed by atoms with van der Waals surface area (Å²) in [5.41, 5.74) is 26.2. The molecule has 0 aromatic heterocycles. The first kappa shape index (κ1) is 47.1. The molecule has 0 bridgehead atoms. The molecule has 0 atom stereocenters. The SMILES string of the molecule is c1ccc(-c2cccc(-c3ccc(N(c4ccc(-c5ccc6c(c5)C5(c7ccccc7Oc7ccccc75)c5ccccc5-6)cc4)c4cccc(-c5ccc6c(c5)-c5ccccc5C65c6ccccc6Oc6ccccc65)c4)cc3)c2)cc1. The Hall–Kier alpha value is -10.7. The smallest absolute Gasteiger partial charge is 0.132 e. The Morgan fingerprint density at radius 3 is 1.08 bits per heavy atom. The molecule has 4 aliphatic rings. The fourth-order valence-corrected chi connectivity index (χ4v) is 14.5. The van der Waals surface area contributed by atoms with E-state index < -0.39 is 10.8 Å². The second-order valence-electron chi connectivity index (χ2n) is 22.2. The number of anilines is 3. The molecular formula is C80H51NO2. The molecule has 2 heterocycles. The van der Waals surface area contributed by atoms with Gasteiger partial charge in [-0.15, -0.1) is 0 Å². The van der Waals surface area contributed by atoms with Crippen LogP contribution in [0.3, 0.4) is 0 Å². The topological polar surface area (TPSA) is 21.7 Å². The summed E-state index contributed by atoms with van der Waals surface area (Å²) >= 11 is 0. The highest BCUT2D eigenvalue weighted by atomic mass is 16.5. The van der Waals surface area contributed by atoms with Gasteiger partial charge in [0, 0.05) is 39.3 Å². The van der Waals surface area contributed by atoms with Crippen LogP contribution in [0.2, 0.25) is 0 Å². The molecule has 3 nitrogen and oxygen atoms in total. The Morgan fingerprint density at radius 2 is 0.542 bits per heavy atom. The van der Waals surface area contributed by atoms with Crippen LogP contribution in [0.15, 0.2) is 309 Å². The summed E-state index contributed by atoms with van der Waals surface area (Å²) in [7, 11) is 0. The Balaban J connectivity index is 0.785. The number of para-hydroxylation sites is 4. The van der Waals surface area contributed by atoms with Crippen LogP contribution in [0.1, 0.15) is 44.5 Å². The second kappa shape index (κ2) is 18.4. The van der Waals surface area contributed by atoms with Crippen molar-refractivity contribution in [1.29, 1.82) is 0 Å². The normalized spacial score (nSPS) is 13.7. The molecule has 388 valence electrons. The molecule has 0 saturated heterocycles. The number of benzene rings is 13. The first-order chi connectivity index (χ1) is 41.1. The van der Waals surface area contributed by atoms with Gasteiger partial charge in [-0.3, -0.25) is 0 Å². The lowest BCUT2D eigenvalue weighted by molar-refractivity contribution is 0.436. The standard InChI is InChI=1S/C80H51NO2/c1-2-18-52(19-3-1)55-20-16-21-56(48-55)53-36-42-60(43-37-53)81(61-44-38-54(39-45-61)59-40-46-65-63-24-4-6-26-67(63)80(74(65)51-59)72-30-10-14-34-77(72)83-78-35-15-11-31-73(78)80)62-23-17-22-57(49-62)58-41-47-69-66(50-58)64-25-5-7-27-68(64)79(69)70-28-8-12-32-75(70)82-76-33-13-9-29-71(76)79/h1-51H. The molecule has 0 unspecified atom stereocenters. The first-order valence-corrected chi connectivity index (χ1v) is 28.6. The minimum Gasteiger partial charge on any atom is -0.457 e. The second-order valence-corrected chi connectivity index (χ2v) is 22.2. The third-order valence-corrected chi connectivity index (χ3v) is 18.0. The molecule has 17 rings (SSSR count). The van der Waals surface area contributed by atoms with Gasteiger partial charge in [0.25, 0.3) is 0 Å². The van der Waals surface area contributed by atoms with Crippen molar-refractivity contribution in [2.24, 2.45) is 0 Å². The van der Waals surface area contributed by atoms with E-state index in [1.165, 1.54) is 61.2 Å². The molecule has 2 aliphatic carbocycles. The monoisotopic (exact) mass is 1060 g/mol.